The van der Waals surface area contributed by atoms with Crippen LogP contribution in [-0.4, -0.2) is 60.0 Å². The molecule has 0 unspecified atom stereocenters. The average Bonchev–Trinajstić information content (AvgIpc) is 3.33. The van der Waals surface area contributed by atoms with E-state index in [1.165, 1.54) is 18.9 Å². The van der Waals surface area contributed by atoms with Crippen molar-refractivity contribution in [1.29, 1.82) is 0 Å². The van der Waals surface area contributed by atoms with E-state index in [-0.39, 0.29) is 11.5 Å². The molecule has 0 atom stereocenters. The van der Waals surface area contributed by atoms with E-state index in [1.807, 2.05) is 28.0 Å². The number of nitrogens with one attached hydrogen (secondary N) is 1. The van der Waals surface area contributed by atoms with Crippen molar-refractivity contribution < 1.29 is 4.79 Å². The predicted molar refractivity (Wildman–Crippen MR) is 121 cm³/mol. The number of anilines is 2. The van der Waals surface area contributed by atoms with Gasteiger partial charge in [-0.05, 0) is 37.1 Å². The van der Waals surface area contributed by atoms with Crippen molar-refractivity contribution in [2.24, 2.45) is 0 Å². The van der Waals surface area contributed by atoms with Crippen molar-refractivity contribution in [2.45, 2.75) is 12.8 Å². The molecule has 0 aliphatic carbocycles. The van der Waals surface area contributed by atoms with Gasteiger partial charge in [0.1, 0.15) is 0 Å². The number of piperazine rings is 1. The van der Waals surface area contributed by atoms with E-state index in [0.717, 1.165) is 24.3 Å². The van der Waals surface area contributed by atoms with Gasteiger partial charge in [-0.1, -0.05) is 25.3 Å². The number of rotatable bonds is 5. The van der Waals surface area contributed by atoms with Crippen molar-refractivity contribution >= 4 is 29.7 Å². The van der Waals surface area contributed by atoms with Crippen molar-refractivity contribution in [3.8, 4) is 0 Å². The SMILES string of the molecule is C=Cc1nc(N2CCN(C(=O)c3cccc(N4CCCC4)c3)CC2)[nH]c(=O)c1C=C. The molecule has 0 spiro atoms. The Bertz CT molecular complexity index is 1010. The van der Waals surface area contributed by atoms with Crippen LogP contribution < -0.4 is 15.4 Å². The number of amides is 1. The Morgan fingerprint density at radius 3 is 2.40 bits per heavy atom. The summed E-state index contributed by atoms with van der Waals surface area (Å²) < 4.78 is 0. The molecule has 3 heterocycles. The summed E-state index contributed by atoms with van der Waals surface area (Å²) in [6.45, 7) is 11.9. The summed E-state index contributed by atoms with van der Waals surface area (Å²) in [5.74, 6) is 0.551. The Kier molecular flexibility index (Phi) is 5.70. The van der Waals surface area contributed by atoms with Crippen LogP contribution in [-0.2, 0) is 0 Å². The maximum absolute atomic E-state index is 13.0. The molecule has 1 aromatic carbocycles. The number of benzene rings is 1. The molecular weight excluding hydrogens is 378 g/mol. The normalized spacial score (nSPS) is 16.6. The van der Waals surface area contributed by atoms with Gasteiger partial charge in [-0.15, -0.1) is 0 Å². The van der Waals surface area contributed by atoms with Gasteiger partial charge in [0.2, 0.25) is 5.95 Å². The molecule has 2 saturated heterocycles. The average molecular weight is 406 g/mol. The number of hydrogen-bond donors (Lipinski definition) is 1. The lowest BCUT2D eigenvalue weighted by molar-refractivity contribution is 0.0746. The van der Waals surface area contributed by atoms with Crippen LogP contribution in [0.15, 0.2) is 42.2 Å². The van der Waals surface area contributed by atoms with Crippen LogP contribution in [0.1, 0.15) is 34.5 Å². The number of carbonyl (C=O) groups is 1. The molecule has 2 aliphatic rings. The van der Waals surface area contributed by atoms with Gasteiger partial charge >= 0.3 is 0 Å². The maximum atomic E-state index is 13.0. The predicted octanol–water partition coefficient (Wildman–Crippen LogP) is 2.62. The van der Waals surface area contributed by atoms with E-state index < -0.39 is 0 Å². The molecule has 0 radical (unpaired) electrons. The quantitative estimate of drug-likeness (QED) is 0.828. The third-order valence-electron chi connectivity index (χ3n) is 5.80. The molecular formula is C23H27N5O2. The fourth-order valence-electron chi connectivity index (χ4n) is 4.10. The second-order valence-corrected chi connectivity index (χ2v) is 7.62. The van der Waals surface area contributed by atoms with Crippen LogP contribution in [0.3, 0.4) is 0 Å². The first kappa shape index (κ1) is 19.9. The second kappa shape index (κ2) is 8.57. The molecule has 30 heavy (non-hydrogen) atoms. The molecule has 156 valence electrons. The van der Waals surface area contributed by atoms with Gasteiger partial charge in [0.05, 0.1) is 11.3 Å². The number of carbonyl (C=O) groups excluding carboxylic acids is 1. The Balaban J connectivity index is 1.45. The van der Waals surface area contributed by atoms with Crippen LogP contribution in [0.25, 0.3) is 12.2 Å². The number of aromatic amines is 1. The van der Waals surface area contributed by atoms with Crippen molar-refractivity contribution in [3.05, 3.63) is 64.6 Å². The summed E-state index contributed by atoms with van der Waals surface area (Å²) in [5.41, 5.74) is 2.55. The van der Waals surface area contributed by atoms with Crippen LogP contribution in [0.2, 0.25) is 0 Å². The first-order valence-corrected chi connectivity index (χ1v) is 10.4. The summed E-state index contributed by atoms with van der Waals surface area (Å²) >= 11 is 0. The molecule has 7 nitrogen and oxygen atoms in total. The lowest BCUT2D eigenvalue weighted by Crippen LogP contribution is -2.49. The molecule has 4 rings (SSSR count). The zero-order valence-corrected chi connectivity index (χ0v) is 17.1. The largest absolute Gasteiger partial charge is 0.372 e. The van der Waals surface area contributed by atoms with Gasteiger partial charge in [0.25, 0.3) is 11.5 Å². The monoisotopic (exact) mass is 405 g/mol. The van der Waals surface area contributed by atoms with E-state index in [1.54, 1.807) is 6.08 Å². The van der Waals surface area contributed by atoms with Crippen molar-refractivity contribution in [1.82, 2.24) is 14.9 Å². The first-order valence-electron chi connectivity index (χ1n) is 10.4. The molecule has 1 N–H and O–H groups in total. The number of aromatic nitrogens is 2. The fourth-order valence-corrected chi connectivity index (χ4v) is 4.10. The number of hydrogen-bond acceptors (Lipinski definition) is 5. The molecule has 0 bridgehead atoms. The van der Waals surface area contributed by atoms with Crippen molar-refractivity contribution in [3.63, 3.8) is 0 Å². The smallest absolute Gasteiger partial charge is 0.260 e. The summed E-state index contributed by atoms with van der Waals surface area (Å²) in [6, 6.07) is 7.93. The van der Waals surface area contributed by atoms with Gasteiger partial charge < -0.3 is 14.7 Å². The van der Waals surface area contributed by atoms with E-state index >= 15 is 0 Å². The van der Waals surface area contributed by atoms with E-state index in [0.29, 0.717) is 43.4 Å². The van der Waals surface area contributed by atoms with Crippen LogP contribution in [0.4, 0.5) is 11.6 Å². The second-order valence-electron chi connectivity index (χ2n) is 7.62. The molecule has 2 fully saturated rings. The number of nitrogens with zero attached hydrogens (tertiary/aromatic N) is 4. The van der Waals surface area contributed by atoms with Gasteiger partial charge in [-0.2, -0.15) is 0 Å². The lowest BCUT2D eigenvalue weighted by Gasteiger charge is -2.35. The van der Waals surface area contributed by atoms with Crippen LogP contribution in [0.5, 0.6) is 0 Å². The molecule has 2 aromatic rings. The minimum Gasteiger partial charge on any atom is -0.372 e. The highest BCUT2D eigenvalue weighted by Gasteiger charge is 2.24. The molecule has 7 heteroatoms. The number of H-pyrrole nitrogens is 1. The Morgan fingerprint density at radius 2 is 1.73 bits per heavy atom. The molecule has 1 amide bonds. The summed E-state index contributed by atoms with van der Waals surface area (Å²) in [7, 11) is 0. The highest BCUT2D eigenvalue weighted by atomic mass is 16.2. The highest BCUT2D eigenvalue weighted by molar-refractivity contribution is 5.95. The Morgan fingerprint density at radius 1 is 1.00 bits per heavy atom. The van der Waals surface area contributed by atoms with Gasteiger partial charge in [0.15, 0.2) is 0 Å². The summed E-state index contributed by atoms with van der Waals surface area (Å²) in [4.78, 5) is 38.8. The third kappa shape index (κ3) is 3.87. The first-order chi connectivity index (χ1) is 14.6. The fraction of sp³-hybridized carbons (Fsp3) is 0.348. The highest BCUT2D eigenvalue weighted by Crippen LogP contribution is 2.22. The summed E-state index contributed by atoms with van der Waals surface area (Å²) in [6.07, 6.45) is 5.46. The van der Waals surface area contributed by atoms with E-state index in [9.17, 15) is 9.59 Å². The zero-order valence-electron chi connectivity index (χ0n) is 17.1. The van der Waals surface area contributed by atoms with E-state index in [2.05, 4.69) is 34.1 Å². The van der Waals surface area contributed by atoms with Gasteiger partial charge in [0, 0.05) is 50.5 Å². The maximum Gasteiger partial charge on any atom is 0.260 e. The third-order valence-corrected chi connectivity index (χ3v) is 5.80. The molecule has 2 aliphatic heterocycles. The van der Waals surface area contributed by atoms with Crippen molar-refractivity contribution in [2.75, 3.05) is 49.1 Å². The van der Waals surface area contributed by atoms with Gasteiger partial charge in [-0.3, -0.25) is 14.6 Å². The topological polar surface area (TPSA) is 72.5 Å². The van der Waals surface area contributed by atoms with Crippen LogP contribution >= 0.6 is 0 Å². The van der Waals surface area contributed by atoms with Crippen LogP contribution in [0, 0.1) is 0 Å². The summed E-state index contributed by atoms with van der Waals surface area (Å²) in [5, 5.41) is 0. The lowest BCUT2D eigenvalue weighted by atomic mass is 10.1. The minimum absolute atomic E-state index is 0.0472. The Hall–Kier alpha value is -3.35. The zero-order chi connectivity index (χ0) is 21.1. The molecule has 0 saturated carbocycles. The molecule has 1 aromatic heterocycles. The van der Waals surface area contributed by atoms with E-state index in [4.69, 9.17) is 0 Å². The standard InChI is InChI=1S/C23H27N5O2/c1-3-19-20(4-2)24-23(25-21(19)29)28-14-12-27(13-15-28)22(30)17-8-7-9-18(16-17)26-10-5-6-11-26/h3-4,7-9,16H,1-2,5-6,10-15H2,(H,24,25,29). The van der Waals surface area contributed by atoms with Gasteiger partial charge in [-0.25, -0.2) is 4.98 Å². The Labute approximate surface area is 176 Å². The minimum atomic E-state index is -0.234.